The van der Waals surface area contributed by atoms with Crippen LogP contribution in [0.3, 0.4) is 0 Å². The lowest BCUT2D eigenvalue weighted by atomic mass is 9.68. The lowest BCUT2D eigenvalue weighted by molar-refractivity contribution is 0.340. The van der Waals surface area contributed by atoms with E-state index in [-0.39, 0.29) is 20.3 Å². The SMILES string of the molecule is C.C.CC.CC.CCOc1ccc(C2(c3ccc(OC)cc3)c3ccccc3-c3ccccc32)cc1. The topological polar surface area (TPSA) is 18.5 Å². The molecule has 0 aliphatic heterocycles. The highest BCUT2D eigenvalue weighted by molar-refractivity contribution is 5.86. The van der Waals surface area contributed by atoms with Crippen molar-refractivity contribution in [3.63, 3.8) is 0 Å². The number of hydrogen-bond donors (Lipinski definition) is 0. The smallest absolute Gasteiger partial charge is 0.119 e. The second-order valence-electron chi connectivity index (χ2n) is 7.53. The van der Waals surface area contributed by atoms with Gasteiger partial charge in [-0.05, 0) is 64.6 Å². The van der Waals surface area contributed by atoms with Crippen molar-refractivity contribution in [2.75, 3.05) is 13.7 Å². The molecular weight excluding hydrogens is 440 g/mol. The molecule has 0 heterocycles. The highest BCUT2D eigenvalue weighted by atomic mass is 16.5. The fourth-order valence-electron chi connectivity index (χ4n) is 4.83. The van der Waals surface area contributed by atoms with E-state index in [2.05, 4.69) is 97.1 Å². The van der Waals surface area contributed by atoms with Crippen molar-refractivity contribution >= 4 is 0 Å². The van der Waals surface area contributed by atoms with Gasteiger partial charge in [0.25, 0.3) is 0 Å². The van der Waals surface area contributed by atoms with Gasteiger partial charge in [0, 0.05) is 0 Å². The number of benzene rings is 4. The highest BCUT2D eigenvalue weighted by Crippen LogP contribution is 2.56. The van der Waals surface area contributed by atoms with Gasteiger partial charge in [-0.25, -0.2) is 0 Å². The van der Waals surface area contributed by atoms with Gasteiger partial charge in [-0.2, -0.15) is 0 Å². The van der Waals surface area contributed by atoms with Crippen LogP contribution in [0.1, 0.15) is 71.7 Å². The van der Waals surface area contributed by atoms with Crippen LogP contribution in [0.2, 0.25) is 0 Å². The molecule has 4 aromatic carbocycles. The van der Waals surface area contributed by atoms with Crippen molar-refractivity contribution in [3.8, 4) is 22.6 Å². The predicted octanol–water partition coefficient (Wildman–Crippen LogP) is 9.78. The molecule has 192 valence electrons. The molecule has 1 aliphatic rings. The summed E-state index contributed by atoms with van der Waals surface area (Å²) in [6.45, 7) is 10.7. The van der Waals surface area contributed by atoms with Gasteiger partial charge in [0.1, 0.15) is 11.5 Å². The Balaban J connectivity index is 0.00000103. The molecule has 2 nitrogen and oxygen atoms in total. The summed E-state index contributed by atoms with van der Waals surface area (Å²) in [5.74, 6) is 1.76. The Hall–Kier alpha value is -3.52. The fourth-order valence-corrected chi connectivity index (χ4v) is 4.83. The minimum Gasteiger partial charge on any atom is -0.497 e. The van der Waals surface area contributed by atoms with E-state index in [0.717, 1.165) is 11.5 Å². The summed E-state index contributed by atoms with van der Waals surface area (Å²) in [6.07, 6.45) is 0. The molecule has 0 saturated carbocycles. The van der Waals surface area contributed by atoms with Gasteiger partial charge in [0.05, 0.1) is 19.1 Å². The van der Waals surface area contributed by atoms with Gasteiger partial charge >= 0.3 is 0 Å². The van der Waals surface area contributed by atoms with Gasteiger partial charge < -0.3 is 9.47 Å². The molecule has 0 atom stereocenters. The maximum Gasteiger partial charge on any atom is 0.119 e. The summed E-state index contributed by atoms with van der Waals surface area (Å²) in [4.78, 5) is 0. The Kier molecular flexibility index (Phi) is 12.0. The molecule has 36 heavy (non-hydrogen) atoms. The monoisotopic (exact) mass is 484 g/mol. The third kappa shape index (κ3) is 5.18. The normalized spacial score (nSPS) is 11.5. The van der Waals surface area contributed by atoms with Crippen LogP contribution < -0.4 is 9.47 Å². The summed E-state index contributed by atoms with van der Waals surface area (Å²) < 4.78 is 11.2. The number of ether oxygens (including phenoxy) is 2. The first-order valence-corrected chi connectivity index (χ1v) is 12.4. The Morgan fingerprint density at radius 2 is 0.944 bits per heavy atom. The van der Waals surface area contributed by atoms with Crippen molar-refractivity contribution in [2.45, 2.75) is 54.9 Å². The van der Waals surface area contributed by atoms with Crippen molar-refractivity contribution in [2.24, 2.45) is 0 Å². The quantitative estimate of drug-likeness (QED) is 0.247. The zero-order chi connectivity index (χ0) is 24.6. The van der Waals surface area contributed by atoms with E-state index < -0.39 is 0 Å². The largest absolute Gasteiger partial charge is 0.497 e. The lowest BCUT2D eigenvalue weighted by Gasteiger charge is -2.34. The Morgan fingerprint density at radius 3 is 1.33 bits per heavy atom. The van der Waals surface area contributed by atoms with Crippen LogP contribution >= 0.6 is 0 Å². The van der Waals surface area contributed by atoms with E-state index in [0.29, 0.717) is 6.61 Å². The minimum atomic E-state index is -0.385. The van der Waals surface area contributed by atoms with Gasteiger partial charge in [-0.15, -0.1) is 0 Å². The van der Waals surface area contributed by atoms with E-state index in [1.165, 1.54) is 33.4 Å². The Morgan fingerprint density at radius 1 is 0.556 bits per heavy atom. The molecule has 0 aromatic heterocycles. The number of fused-ring (bicyclic) bond motifs is 3. The molecule has 0 N–H and O–H groups in total. The van der Waals surface area contributed by atoms with Crippen LogP contribution in [0.4, 0.5) is 0 Å². The van der Waals surface area contributed by atoms with Crippen molar-refractivity contribution in [1.29, 1.82) is 0 Å². The Labute approximate surface area is 219 Å². The second kappa shape index (κ2) is 14.1. The van der Waals surface area contributed by atoms with Crippen LogP contribution in [0.25, 0.3) is 11.1 Å². The molecular formula is C34H44O2. The predicted molar refractivity (Wildman–Crippen MR) is 158 cm³/mol. The van der Waals surface area contributed by atoms with E-state index >= 15 is 0 Å². The molecule has 0 unspecified atom stereocenters. The summed E-state index contributed by atoms with van der Waals surface area (Å²) in [5, 5.41) is 0. The first kappa shape index (κ1) is 30.5. The Bertz CT molecular complexity index is 1130. The minimum absolute atomic E-state index is 0. The van der Waals surface area contributed by atoms with Crippen LogP contribution in [-0.2, 0) is 5.41 Å². The van der Waals surface area contributed by atoms with E-state index in [4.69, 9.17) is 9.47 Å². The van der Waals surface area contributed by atoms with Gasteiger partial charge in [-0.1, -0.05) is 115 Å². The zero-order valence-corrected chi connectivity index (χ0v) is 21.3. The van der Waals surface area contributed by atoms with E-state index in [9.17, 15) is 0 Å². The van der Waals surface area contributed by atoms with Crippen molar-refractivity contribution in [1.82, 2.24) is 0 Å². The molecule has 0 saturated heterocycles. The number of methoxy groups -OCH3 is 1. The molecule has 0 radical (unpaired) electrons. The third-order valence-corrected chi connectivity index (χ3v) is 6.07. The molecule has 5 rings (SSSR count). The van der Waals surface area contributed by atoms with Gasteiger partial charge in [0.15, 0.2) is 0 Å². The molecule has 0 bridgehead atoms. The van der Waals surface area contributed by atoms with Gasteiger partial charge in [-0.3, -0.25) is 0 Å². The maximum atomic E-state index is 5.71. The standard InChI is InChI=1S/C28H24O2.2C2H6.2CH4/c1-3-30-23-18-14-21(15-19-23)28(20-12-16-22(29-2)17-13-20)26-10-6-4-8-24(26)25-9-5-7-11-27(25)28;2*1-2;;/h4-19H,3H2,1-2H3;2*1-2H3;2*1H4. The second-order valence-corrected chi connectivity index (χ2v) is 7.53. The molecule has 0 fully saturated rings. The molecule has 2 heteroatoms. The summed E-state index contributed by atoms with van der Waals surface area (Å²) in [6, 6.07) is 34.5. The highest BCUT2D eigenvalue weighted by Gasteiger charge is 2.45. The van der Waals surface area contributed by atoms with Gasteiger partial charge in [0.2, 0.25) is 0 Å². The number of hydrogen-bond acceptors (Lipinski definition) is 2. The lowest BCUT2D eigenvalue weighted by Crippen LogP contribution is -2.28. The van der Waals surface area contributed by atoms with Crippen LogP contribution in [0, 0.1) is 0 Å². The first-order chi connectivity index (χ1) is 16.8. The molecule has 0 amide bonds. The molecule has 1 aliphatic carbocycles. The average molecular weight is 485 g/mol. The van der Waals surface area contributed by atoms with E-state index in [1.807, 2.05) is 34.6 Å². The van der Waals surface area contributed by atoms with Crippen molar-refractivity contribution in [3.05, 3.63) is 119 Å². The van der Waals surface area contributed by atoms with Crippen LogP contribution in [0.5, 0.6) is 11.5 Å². The first-order valence-electron chi connectivity index (χ1n) is 12.4. The number of rotatable bonds is 5. The summed E-state index contributed by atoms with van der Waals surface area (Å²) in [5.41, 5.74) is 7.26. The van der Waals surface area contributed by atoms with Crippen molar-refractivity contribution < 1.29 is 9.47 Å². The van der Waals surface area contributed by atoms with Crippen LogP contribution in [-0.4, -0.2) is 13.7 Å². The maximum absolute atomic E-state index is 5.71. The van der Waals surface area contributed by atoms with E-state index in [1.54, 1.807) is 7.11 Å². The average Bonchev–Trinajstić information content (AvgIpc) is 3.23. The van der Waals surface area contributed by atoms with Crippen LogP contribution in [0.15, 0.2) is 97.1 Å². The molecule has 4 aromatic rings. The zero-order valence-electron chi connectivity index (χ0n) is 21.3. The fraction of sp³-hybridized carbons (Fsp3) is 0.294. The third-order valence-electron chi connectivity index (χ3n) is 6.07. The molecule has 0 spiro atoms. The summed E-state index contributed by atoms with van der Waals surface area (Å²) >= 11 is 0. The summed E-state index contributed by atoms with van der Waals surface area (Å²) in [7, 11) is 1.71.